The Hall–Kier alpha value is -2.49. The second-order valence-corrected chi connectivity index (χ2v) is 6.55. The summed E-state index contributed by atoms with van der Waals surface area (Å²) in [6.45, 7) is 4.07. The number of Topliss-reactive ketones (excluding diaryl/α,β-unsaturated/α-hetero) is 1. The van der Waals surface area contributed by atoms with Crippen LogP contribution in [0.25, 0.3) is 0 Å². The van der Waals surface area contributed by atoms with E-state index in [9.17, 15) is 14.9 Å². The highest BCUT2D eigenvalue weighted by Gasteiger charge is 2.22. The highest BCUT2D eigenvalue weighted by atomic mass is 16.6. The normalized spacial score (nSPS) is 12.1. The lowest BCUT2D eigenvalue weighted by molar-refractivity contribution is -0.483. The zero-order valence-corrected chi connectivity index (χ0v) is 14.1. The molecule has 0 aliphatic rings. The molecule has 0 bridgehead atoms. The van der Waals surface area contributed by atoms with Crippen molar-refractivity contribution in [3.63, 3.8) is 0 Å². The molecule has 1 unspecified atom stereocenters. The molecule has 0 spiro atoms. The van der Waals surface area contributed by atoms with E-state index in [1.807, 2.05) is 54.6 Å². The second kappa shape index (κ2) is 8.39. The van der Waals surface area contributed by atoms with Crippen LogP contribution in [-0.2, 0) is 6.42 Å². The minimum absolute atomic E-state index is 0.0539. The highest BCUT2D eigenvalue weighted by molar-refractivity contribution is 5.96. The van der Waals surface area contributed by atoms with Gasteiger partial charge >= 0.3 is 0 Å². The standard InChI is InChI=1S/C20H23NO3/c1-15(2)12-16-8-10-18(11-9-16)20(22)13-19(14-21(23)24)17-6-4-3-5-7-17/h3-11,15,19H,12-14H2,1-2H3. The second-order valence-electron chi connectivity index (χ2n) is 6.55. The molecular formula is C20H23NO3. The molecule has 0 saturated heterocycles. The van der Waals surface area contributed by atoms with E-state index in [0.29, 0.717) is 11.5 Å². The molecule has 0 radical (unpaired) electrons. The average Bonchev–Trinajstić information content (AvgIpc) is 2.54. The summed E-state index contributed by atoms with van der Waals surface area (Å²) in [4.78, 5) is 23.1. The third-order valence-corrected chi connectivity index (χ3v) is 3.99. The molecule has 4 heteroatoms. The van der Waals surface area contributed by atoms with Gasteiger partial charge in [-0.3, -0.25) is 14.9 Å². The van der Waals surface area contributed by atoms with Gasteiger partial charge in [0.25, 0.3) is 0 Å². The van der Waals surface area contributed by atoms with Crippen molar-refractivity contribution in [2.75, 3.05) is 6.54 Å². The molecule has 2 aromatic carbocycles. The maximum Gasteiger partial charge on any atom is 0.211 e. The molecule has 0 heterocycles. The lowest BCUT2D eigenvalue weighted by atomic mass is 9.91. The number of rotatable bonds is 8. The lowest BCUT2D eigenvalue weighted by Crippen LogP contribution is -2.16. The van der Waals surface area contributed by atoms with Crippen molar-refractivity contribution in [3.8, 4) is 0 Å². The van der Waals surface area contributed by atoms with E-state index >= 15 is 0 Å². The highest BCUT2D eigenvalue weighted by Crippen LogP contribution is 2.22. The van der Waals surface area contributed by atoms with E-state index in [1.165, 1.54) is 5.56 Å². The third-order valence-electron chi connectivity index (χ3n) is 3.99. The zero-order valence-electron chi connectivity index (χ0n) is 14.1. The maximum atomic E-state index is 12.5. The SMILES string of the molecule is CC(C)Cc1ccc(C(=O)CC(C[N+](=O)[O-])c2ccccc2)cc1. The molecular weight excluding hydrogens is 302 g/mol. The number of nitro groups is 1. The number of carbonyl (C=O) groups is 1. The maximum absolute atomic E-state index is 12.5. The van der Waals surface area contributed by atoms with Crippen LogP contribution in [0.5, 0.6) is 0 Å². The summed E-state index contributed by atoms with van der Waals surface area (Å²) >= 11 is 0. The van der Waals surface area contributed by atoms with Crippen LogP contribution in [0, 0.1) is 16.0 Å². The van der Waals surface area contributed by atoms with Gasteiger partial charge in [0.15, 0.2) is 5.78 Å². The Morgan fingerprint density at radius 2 is 1.67 bits per heavy atom. The summed E-state index contributed by atoms with van der Waals surface area (Å²) in [7, 11) is 0. The molecule has 4 nitrogen and oxygen atoms in total. The molecule has 0 aromatic heterocycles. The first-order chi connectivity index (χ1) is 11.5. The summed E-state index contributed by atoms with van der Waals surface area (Å²) in [5, 5.41) is 10.9. The summed E-state index contributed by atoms with van der Waals surface area (Å²) in [6.07, 6.45) is 1.12. The van der Waals surface area contributed by atoms with Crippen LogP contribution in [0.3, 0.4) is 0 Å². The van der Waals surface area contributed by atoms with Crippen LogP contribution >= 0.6 is 0 Å². The number of benzene rings is 2. The van der Waals surface area contributed by atoms with E-state index in [-0.39, 0.29) is 23.7 Å². The Kier molecular flexibility index (Phi) is 6.24. The number of carbonyl (C=O) groups excluding carboxylic acids is 1. The zero-order chi connectivity index (χ0) is 17.5. The van der Waals surface area contributed by atoms with Crippen LogP contribution in [-0.4, -0.2) is 17.3 Å². The molecule has 0 aliphatic heterocycles. The number of hydrogen-bond acceptors (Lipinski definition) is 3. The number of nitrogens with zero attached hydrogens (tertiary/aromatic N) is 1. The van der Waals surface area contributed by atoms with E-state index in [2.05, 4.69) is 13.8 Å². The molecule has 1 atom stereocenters. The largest absolute Gasteiger partial charge is 0.294 e. The van der Waals surface area contributed by atoms with Gasteiger partial charge in [0.05, 0.1) is 5.92 Å². The first-order valence-corrected chi connectivity index (χ1v) is 8.24. The predicted octanol–water partition coefficient (Wildman–Crippen LogP) is 4.52. The summed E-state index contributed by atoms with van der Waals surface area (Å²) in [5.74, 6) is 0.111. The molecule has 0 amide bonds. The van der Waals surface area contributed by atoms with Crippen molar-refractivity contribution in [1.29, 1.82) is 0 Å². The summed E-state index contributed by atoms with van der Waals surface area (Å²) in [5.41, 5.74) is 2.65. The minimum Gasteiger partial charge on any atom is -0.294 e. The van der Waals surface area contributed by atoms with E-state index in [1.54, 1.807) is 0 Å². The van der Waals surface area contributed by atoms with Crippen LogP contribution < -0.4 is 0 Å². The predicted molar refractivity (Wildman–Crippen MR) is 95.0 cm³/mol. The van der Waals surface area contributed by atoms with Gasteiger partial charge in [-0.15, -0.1) is 0 Å². The number of hydrogen-bond donors (Lipinski definition) is 0. The quantitative estimate of drug-likeness (QED) is 0.407. The monoisotopic (exact) mass is 325 g/mol. The van der Waals surface area contributed by atoms with Crippen LogP contribution in [0.4, 0.5) is 0 Å². The van der Waals surface area contributed by atoms with Crippen molar-refractivity contribution >= 4 is 5.78 Å². The van der Waals surface area contributed by atoms with Crippen molar-refractivity contribution < 1.29 is 9.72 Å². The Labute approximate surface area is 142 Å². The Morgan fingerprint density at radius 1 is 1.04 bits per heavy atom. The molecule has 0 saturated carbocycles. The molecule has 2 rings (SSSR count). The fraction of sp³-hybridized carbons (Fsp3) is 0.350. The molecule has 0 N–H and O–H groups in total. The fourth-order valence-electron chi connectivity index (χ4n) is 2.83. The summed E-state index contributed by atoms with van der Waals surface area (Å²) in [6, 6.07) is 16.8. The Morgan fingerprint density at radius 3 is 2.21 bits per heavy atom. The first kappa shape index (κ1) is 17.9. The van der Waals surface area contributed by atoms with Crippen molar-refractivity contribution in [3.05, 3.63) is 81.4 Å². The molecule has 0 fully saturated rings. The van der Waals surface area contributed by atoms with E-state index < -0.39 is 5.92 Å². The van der Waals surface area contributed by atoms with Gasteiger partial charge < -0.3 is 0 Å². The Bertz CT molecular complexity index is 678. The minimum atomic E-state index is -0.399. The van der Waals surface area contributed by atoms with Gasteiger partial charge in [-0.25, -0.2) is 0 Å². The van der Waals surface area contributed by atoms with E-state index in [4.69, 9.17) is 0 Å². The fourth-order valence-corrected chi connectivity index (χ4v) is 2.83. The van der Waals surface area contributed by atoms with Crippen molar-refractivity contribution in [1.82, 2.24) is 0 Å². The summed E-state index contributed by atoms with van der Waals surface area (Å²) < 4.78 is 0. The van der Waals surface area contributed by atoms with Gasteiger partial charge in [0.1, 0.15) is 0 Å². The van der Waals surface area contributed by atoms with Gasteiger partial charge in [-0.05, 0) is 23.5 Å². The smallest absolute Gasteiger partial charge is 0.211 e. The topological polar surface area (TPSA) is 60.2 Å². The molecule has 126 valence electrons. The lowest BCUT2D eigenvalue weighted by Gasteiger charge is -2.13. The van der Waals surface area contributed by atoms with Gasteiger partial charge in [0, 0.05) is 16.9 Å². The van der Waals surface area contributed by atoms with Crippen LogP contribution in [0.2, 0.25) is 0 Å². The van der Waals surface area contributed by atoms with Gasteiger partial charge in [-0.1, -0.05) is 68.4 Å². The van der Waals surface area contributed by atoms with Crippen molar-refractivity contribution in [2.24, 2.45) is 5.92 Å². The van der Waals surface area contributed by atoms with E-state index in [0.717, 1.165) is 12.0 Å². The molecule has 2 aromatic rings. The first-order valence-electron chi connectivity index (χ1n) is 8.24. The average molecular weight is 325 g/mol. The molecule has 24 heavy (non-hydrogen) atoms. The van der Waals surface area contributed by atoms with Crippen molar-refractivity contribution in [2.45, 2.75) is 32.6 Å². The Balaban J connectivity index is 2.11. The number of ketones is 1. The van der Waals surface area contributed by atoms with Gasteiger partial charge in [-0.2, -0.15) is 0 Å². The van der Waals surface area contributed by atoms with Crippen LogP contribution in [0.15, 0.2) is 54.6 Å². The van der Waals surface area contributed by atoms with Crippen LogP contribution in [0.1, 0.15) is 47.7 Å². The van der Waals surface area contributed by atoms with Gasteiger partial charge in [0.2, 0.25) is 6.54 Å². The molecule has 0 aliphatic carbocycles. The third kappa shape index (κ3) is 5.30.